The lowest BCUT2D eigenvalue weighted by Crippen LogP contribution is -2.04. The summed E-state index contributed by atoms with van der Waals surface area (Å²) < 4.78 is 1.97. The molecule has 0 radical (unpaired) electrons. The number of rotatable bonds is 6. The van der Waals surface area contributed by atoms with E-state index in [0.717, 1.165) is 29.6 Å². The van der Waals surface area contributed by atoms with Crippen molar-refractivity contribution in [2.24, 2.45) is 0 Å². The summed E-state index contributed by atoms with van der Waals surface area (Å²) in [5, 5.41) is 18.1. The second kappa shape index (κ2) is 6.51. The molecular formula is C12H16N4OS. The van der Waals surface area contributed by atoms with Gasteiger partial charge in [-0.05, 0) is 18.6 Å². The molecule has 2 heterocycles. The zero-order valence-electron chi connectivity index (χ0n) is 10.3. The van der Waals surface area contributed by atoms with E-state index in [1.165, 1.54) is 0 Å². The molecule has 0 aromatic carbocycles. The predicted octanol–water partition coefficient (Wildman–Crippen LogP) is 1.87. The lowest BCUT2D eigenvalue weighted by molar-refractivity contribution is 0.263. The van der Waals surface area contributed by atoms with Crippen LogP contribution in [0.3, 0.4) is 0 Å². The maximum atomic E-state index is 9.20. The molecule has 0 aliphatic heterocycles. The molecule has 0 unspecified atom stereocenters. The van der Waals surface area contributed by atoms with Gasteiger partial charge in [0.1, 0.15) is 6.61 Å². The molecule has 0 amide bonds. The van der Waals surface area contributed by atoms with Gasteiger partial charge in [-0.2, -0.15) is 0 Å². The summed E-state index contributed by atoms with van der Waals surface area (Å²) in [6.07, 6.45) is 2.77. The normalized spacial score (nSPS) is 10.8. The Balaban J connectivity index is 2.07. The Morgan fingerprint density at radius 2 is 2.22 bits per heavy atom. The molecule has 96 valence electrons. The quantitative estimate of drug-likeness (QED) is 0.807. The van der Waals surface area contributed by atoms with Crippen LogP contribution in [0.1, 0.15) is 24.9 Å². The third-order valence-corrected chi connectivity index (χ3v) is 3.46. The van der Waals surface area contributed by atoms with Crippen LogP contribution in [0.15, 0.2) is 29.6 Å². The molecule has 0 spiro atoms. The van der Waals surface area contributed by atoms with E-state index >= 15 is 0 Å². The molecule has 0 saturated carbocycles. The molecule has 6 heteroatoms. The van der Waals surface area contributed by atoms with Crippen LogP contribution in [0, 0.1) is 0 Å². The topological polar surface area (TPSA) is 63.8 Å². The highest BCUT2D eigenvalue weighted by Crippen LogP contribution is 2.21. The Bertz CT molecular complexity index is 486. The first-order valence-electron chi connectivity index (χ1n) is 5.90. The van der Waals surface area contributed by atoms with Gasteiger partial charge in [-0.3, -0.25) is 4.98 Å². The van der Waals surface area contributed by atoms with Crippen molar-refractivity contribution in [1.82, 2.24) is 19.7 Å². The van der Waals surface area contributed by atoms with Crippen molar-refractivity contribution in [3.05, 3.63) is 35.9 Å². The molecule has 2 aromatic heterocycles. The summed E-state index contributed by atoms with van der Waals surface area (Å²) >= 11 is 1.59. The monoisotopic (exact) mass is 264 g/mol. The molecular weight excluding hydrogens is 248 g/mol. The van der Waals surface area contributed by atoms with E-state index in [-0.39, 0.29) is 6.61 Å². The van der Waals surface area contributed by atoms with Crippen LogP contribution in [0.4, 0.5) is 0 Å². The Morgan fingerprint density at radius 3 is 2.89 bits per heavy atom. The molecule has 0 aliphatic carbocycles. The fourth-order valence-corrected chi connectivity index (χ4v) is 2.51. The van der Waals surface area contributed by atoms with E-state index in [1.54, 1.807) is 18.0 Å². The molecule has 0 fully saturated rings. The van der Waals surface area contributed by atoms with Crippen molar-refractivity contribution < 1.29 is 5.11 Å². The Morgan fingerprint density at radius 1 is 1.33 bits per heavy atom. The molecule has 0 saturated heterocycles. The Hall–Kier alpha value is -1.40. The minimum Gasteiger partial charge on any atom is -0.388 e. The molecule has 18 heavy (non-hydrogen) atoms. The smallest absolute Gasteiger partial charge is 0.191 e. The lowest BCUT2D eigenvalue weighted by Gasteiger charge is -2.06. The van der Waals surface area contributed by atoms with Crippen LogP contribution in [0.5, 0.6) is 0 Å². The van der Waals surface area contributed by atoms with Crippen LogP contribution >= 0.6 is 11.8 Å². The highest BCUT2D eigenvalue weighted by Gasteiger charge is 2.11. The molecule has 2 rings (SSSR count). The first-order valence-corrected chi connectivity index (χ1v) is 6.89. The summed E-state index contributed by atoms with van der Waals surface area (Å²) in [4.78, 5) is 4.27. The highest BCUT2D eigenvalue weighted by atomic mass is 32.2. The molecule has 0 aliphatic rings. The summed E-state index contributed by atoms with van der Waals surface area (Å²) in [5.74, 6) is 1.38. The number of pyridine rings is 1. The van der Waals surface area contributed by atoms with Crippen molar-refractivity contribution in [3.8, 4) is 0 Å². The van der Waals surface area contributed by atoms with E-state index in [2.05, 4.69) is 22.1 Å². The van der Waals surface area contributed by atoms with Crippen molar-refractivity contribution in [3.63, 3.8) is 0 Å². The fraction of sp³-hybridized carbons (Fsp3) is 0.417. The first-order chi connectivity index (χ1) is 8.85. The van der Waals surface area contributed by atoms with Gasteiger partial charge in [0, 0.05) is 18.5 Å². The van der Waals surface area contributed by atoms with Crippen molar-refractivity contribution in [2.75, 3.05) is 0 Å². The average Bonchev–Trinajstić information content (AvgIpc) is 2.80. The summed E-state index contributed by atoms with van der Waals surface area (Å²) in [7, 11) is 0. The van der Waals surface area contributed by atoms with Crippen molar-refractivity contribution in [2.45, 2.75) is 37.4 Å². The maximum absolute atomic E-state index is 9.20. The lowest BCUT2D eigenvalue weighted by atomic mass is 10.4. The van der Waals surface area contributed by atoms with Gasteiger partial charge in [-0.25, -0.2) is 0 Å². The first kappa shape index (κ1) is 13.0. The maximum Gasteiger partial charge on any atom is 0.191 e. The fourth-order valence-electron chi connectivity index (χ4n) is 1.61. The van der Waals surface area contributed by atoms with Gasteiger partial charge in [0.25, 0.3) is 0 Å². The van der Waals surface area contributed by atoms with Gasteiger partial charge in [0.05, 0.1) is 5.69 Å². The number of aliphatic hydroxyl groups excluding tert-OH is 1. The average molecular weight is 264 g/mol. The summed E-state index contributed by atoms with van der Waals surface area (Å²) in [6.45, 7) is 2.85. The number of hydrogen-bond donors (Lipinski definition) is 1. The van der Waals surface area contributed by atoms with E-state index in [1.807, 2.05) is 22.8 Å². The van der Waals surface area contributed by atoms with Gasteiger partial charge in [-0.1, -0.05) is 24.8 Å². The number of nitrogens with zero attached hydrogens (tertiary/aromatic N) is 4. The molecule has 1 N–H and O–H groups in total. The number of hydrogen-bond acceptors (Lipinski definition) is 5. The second-order valence-corrected chi connectivity index (χ2v) is 4.76. The van der Waals surface area contributed by atoms with Crippen LogP contribution in [0.25, 0.3) is 0 Å². The van der Waals surface area contributed by atoms with Crippen LogP contribution in [-0.2, 0) is 18.9 Å². The molecule has 0 bridgehead atoms. The number of thioether (sulfide) groups is 1. The third-order valence-electron chi connectivity index (χ3n) is 2.46. The van der Waals surface area contributed by atoms with Crippen molar-refractivity contribution in [1.29, 1.82) is 0 Å². The zero-order valence-corrected chi connectivity index (χ0v) is 11.1. The molecule has 0 atom stereocenters. The van der Waals surface area contributed by atoms with Gasteiger partial charge in [-0.15, -0.1) is 10.2 Å². The van der Waals surface area contributed by atoms with Gasteiger partial charge >= 0.3 is 0 Å². The Kier molecular flexibility index (Phi) is 4.72. The number of aliphatic hydroxyl groups is 1. The van der Waals surface area contributed by atoms with Gasteiger partial charge in [0.15, 0.2) is 11.0 Å². The third kappa shape index (κ3) is 3.08. The standard InChI is InChI=1S/C12H16N4OS/c1-2-7-16-11(8-17)14-15-12(16)18-9-10-5-3-4-6-13-10/h3-6,17H,2,7-9H2,1H3. The summed E-state index contributed by atoms with van der Waals surface area (Å²) in [6, 6.07) is 5.86. The van der Waals surface area contributed by atoms with Gasteiger partial charge in [0.2, 0.25) is 0 Å². The highest BCUT2D eigenvalue weighted by molar-refractivity contribution is 7.98. The molecule has 2 aromatic rings. The van der Waals surface area contributed by atoms with E-state index in [0.29, 0.717) is 5.82 Å². The van der Waals surface area contributed by atoms with Crippen LogP contribution in [-0.4, -0.2) is 24.9 Å². The van der Waals surface area contributed by atoms with Crippen LogP contribution in [0.2, 0.25) is 0 Å². The zero-order chi connectivity index (χ0) is 12.8. The van der Waals surface area contributed by atoms with Crippen LogP contribution < -0.4 is 0 Å². The second-order valence-electron chi connectivity index (χ2n) is 3.82. The Labute approximate surface area is 110 Å². The van der Waals surface area contributed by atoms with E-state index in [9.17, 15) is 5.11 Å². The molecule has 5 nitrogen and oxygen atoms in total. The SMILES string of the molecule is CCCn1c(CO)nnc1SCc1ccccn1. The number of aromatic nitrogens is 4. The summed E-state index contributed by atoms with van der Waals surface area (Å²) in [5.41, 5.74) is 1.01. The van der Waals surface area contributed by atoms with E-state index < -0.39 is 0 Å². The largest absolute Gasteiger partial charge is 0.388 e. The minimum absolute atomic E-state index is 0.0723. The minimum atomic E-state index is -0.0723. The van der Waals surface area contributed by atoms with Gasteiger partial charge < -0.3 is 9.67 Å². The van der Waals surface area contributed by atoms with E-state index in [4.69, 9.17) is 0 Å². The van der Waals surface area contributed by atoms with Crippen molar-refractivity contribution >= 4 is 11.8 Å². The predicted molar refractivity (Wildman–Crippen MR) is 70.0 cm³/mol.